The Hall–Kier alpha value is -2.69. The van der Waals surface area contributed by atoms with Gasteiger partial charge in [-0.05, 0) is 67.3 Å². The summed E-state index contributed by atoms with van der Waals surface area (Å²) in [5.74, 6) is 0.564. The van der Waals surface area contributed by atoms with Gasteiger partial charge < -0.3 is 9.21 Å². The van der Waals surface area contributed by atoms with Crippen LogP contribution in [0, 0.1) is 19.3 Å². The van der Waals surface area contributed by atoms with Crippen LogP contribution in [0.15, 0.2) is 22.8 Å². The number of aromatic nitrogens is 3. The molecule has 0 spiro atoms. The molecular formula is C22H25N3O2. The lowest BCUT2D eigenvalue weighted by atomic mass is 9.76. The van der Waals surface area contributed by atoms with E-state index in [0.29, 0.717) is 17.7 Å². The molecule has 0 saturated carbocycles. The average molecular weight is 363 g/mol. The number of carbonyl (C=O) groups is 1. The highest BCUT2D eigenvalue weighted by molar-refractivity contribution is 5.67. The third-order valence-corrected chi connectivity index (χ3v) is 5.65. The number of oxazole rings is 1. The van der Waals surface area contributed by atoms with Gasteiger partial charge in [0.1, 0.15) is 18.2 Å². The Morgan fingerprint density at radius 2 is 2.00 bits per heavy atom. The molecule has 0 aliphatic heterocycles. The van der Waals surface area contributed by atoms with Gasteiger partial charge in [-0.1, -0.05) is 13.8 Å². The van der Waals surface area contributed by atoms with Crippen molar-refractivity contribution < 1.29 is 9.21 Å². The maximum atomic E-state index is 10.9. The number of aromatic amines is 1. The van der Waals surface area contributed by atoms with Gasteiger partial charge in [0.05, 0.1) is 0 Å². The van der Waals surface area contributed by atoms with Crippen molar-refractivity contribution in [3.63, 3.8) is 0 Å². The number of rotatable bonds is 4. The summed E-state index contributed by atoms with van der Waals surface area (Å²) in [4.78, 5) is 15.6. The summed E-state index contributed by atoms with van der Waals surface area (Å²) < 4.78 is 5.79. The Labute approximate surface area is 159 Å². The number of nitrogens with zero attached hydrogens (tertiary/aromatic N) is 2. The minimum Gasteiger partial charge on any atom is -0.443 e. The highest BCUT2D eigenvalue weighted by atomic mass is 16.3. The maximum absolute atomic E-state index is 10.9. The van der Waals surface area contributed by atoms with E-state index in [2.05, 4.69) is 36.2 Å². The Morgan fingerprint density at radius 3 is 2.70 bits per heavy atom. The molecule has 3 aromatic rings. The summed E-state index contributed by atoms with van der Waals surface area (Å²) in [5.41, 5.74) is 8.64. The monoisotopic (exact) mass is 363 g/mol. The molecule has 5 heteroatoms. The number of fused-ring (bicyclic) bond motifs is 1. The van der Waals surface area contributed by atoms with Crippen molar-refractivity contribution in [2.75, 3.05) is 0 Å². The van der Waals surface area contributed by atoms with Gasteiger partial charge in [0, 0.05) is 23.2 Å². The highest BCUT2D eigenvalue weighted by Gasteiger charge is 2.30. The fourth-order valence-electron chi connectivity index (χ4n) is 4.09. The predicted octanol–water partition coefficient (Wildman–Crippen LogP) is 4.60. The van der Waals surface area contributed by atoms with Gasteiger partial charge in [-0.2, -0.15) is 5.10 Å². The van der Waals surface area contributed by atoms with Gasteiger partial charge in [0.25, 0.3) is 0 Å². The molecule has 1 aliphatic rings. The molecule has 1 aromatic carbocycles. The third kappa shape index (κ3) is 3.22. The molecule has 27 heavy (non-hydrogen) atoms. The molecule has 0 atom stereocenters. The Kier molecular flexibility index (Phi) is 4.25. The van der Waals surface area contributed by atoms with Gasteiger partial charge in [0.2, 0.25) is 5.89 Å². The molecule has 2 heterocycles. The molecule has 0 radical (unpaired) electrons. The van der Waals surface area contributed by atoms with E-state index in [-0.39, 0.29) is 0 Å². The van der Waals surface area contributed by atoms with E-state index in [9.17, 15) is 4.79 Å². The second kappa shape index (κ2) is 6.48. The van der Waals surface area contributed by atoms with Crippen molar-refractivity contribution in [3.05, 3.63) is 46.3 Å². The largest absolute Gasteiger partial charge is 0.443 e. The molecule has 5 nitrogen and oxygen atoms in total. The van der Waals surface area contributed by atoms with Crippen LogP contribution in [0.5, 0.6) is 0 Å². The van der Waals surface area contributed by atoms with Crippen LogP contribution in [0.25, 0.3) is 22.8 Å². The van der Waals surface area contributed by atoms with Crippen molar-refractivity contribution in [1.29, 1.82) is 0 Å². The molecule has 1 aliphatic carbocycles. The minimum absolute atomic E-state index is 0.302. The van der Waals surface area contributed by atoms with Crippen LogP contribution in [0.1, 0.15) is 48.2 Å². The van der Waals surface area contributed by atoms with Crippen LogP contribution in [0.2, 0.25) is 0 Å². The van der Waals surface area contributed by atoms with Gasteiger partial charge >= 0.3 is 0 Å². The molecular weight excluding hydrogens is 338 g/mol. The van der Waals surface area contributed by atoms with Crippen LogP contribution >= 0.6 is 0 Å². The van der Waals surface area contributed by atoms with Gasteiger partial charge in [-0.3, -0.25) is 5.10 Å². The van der Waals surface area contributed by atoms with Crippen molar-refractivity contribution in [3.8, 4) is 22.8 Å². The number of hydrogen-bond acceptors (Lipinski definition) is 4. The van der Waals surface area contributed by atoms with Crippen LogP contribution < -0.4 is 0 Å². The van der Waals surface area contributed by atoms with E-state index in [1.54, 1.807) is 6.26 Å². The summed E-state index contributed by atoms with van der Waals surface area (Å²) in [6.07, 6.45) is 6.21. The second-order valence-corrected chi connectivity index (χ2v) is 8.37. The van der Waals surface area contributed by atoms with Crippen molar-refractivity contribution in [2.45, 2.75) is 53.4 Å². The standard InChI is InChI=1S/C22H25N3O2/c1-13-9-15(10-14(2)16(13)6-8-26)19-12-27-21(23-19)20-17-5-7-22(3,4)11-18(17)24-25-20/h8-10,12H,5-7,11H2,1-4H3,(H,24,25). The van der Waals surface area contributed by atoms with E-state index < -0.39 is 0 Å². The number of nitrogens with one attached hydrogen (secondary N) is 1. The van der Waals surface area contributed by atoms with E-state index in [4.69, 9.17) is 9.40 Å². The first-order valence-electron chi connectivity index (χ1n) is 9.44. The lowest BCUT2D eigenvalue weighted by Gasteiger charge is -2.28. The van der Waals surface area contributed by atoms with E-state index in [0.717, 1.165) is 59.2 Å². The second-order valence-electron chi connectivity index (χ2n) is 8.37. The summed E-state index contributed by atoms with van der Waals surface area (Å²) in [5, 5.41) is 7.68. The Bertz CT molecular complexity index is 987. The molecule has 2 aromatic heterocycles. The molecule has 4 rings (SSSR count). The SMILES string of the molecule is Cc1cc(-c2coc(-c3n[nH]c4c3CCC(C)(C)C4)n2)cc(C)c1CC=O. The Balaban J connectivity index is 1.68. The topological polar surface area (TPSA) is 71.8 Å². The average Bonchev–Trinajstić information content (AvgIpc) is 3.23. The summed E-state index contributed by atoms with van der Waals surface area (Å²) in [7, 11) is 0. The predicted molar refractivity (Wildman–Crippen MR) is 105 cm³/mol. The Morgan fingerprint density at radius 1 is 1.26 bits per heavy atom. The molecule has 0 fully saturated rings. The summed E-state index contributed by atoms with van der Waals surface area (Å²) >= 11 is 0. The number of aryl methyl sites for hydroxylation is 2. The number of benzene rings is 1. The van der Waals surface area contributed by atoms with Crippen molar-refractivity contribution >= 4 is 6.29 Å². The summed E-state index contributed by atoms with van der Waals surface area (Å²) in [6, 6.07) is 4.13. The summed E-state index contributed by atoms with van der Waals surface area (Å²) in [6.45, 7) is 8.64. The smallest absolute Gasteiger partial charge is 0.247 e. The molecule has 0 bridgehead atoms. The molecule has 0 amide bonds. The number of carbonyl (C=O) groups excluding carboxylic acids is 1. The first-order valence-corrected chi connectivity index (χ1v) is 9.44. The molecule has 1 N–H and O–H groups in total. The maximum Gasteiger partial charge on any atom is 0.247 e. The third-order valence-electron chi connectivity index (χ3n) is 5.65. The van der Waals surface area contributed by atoms with E-state index in [1.807, 2.05) is 13.8 Å². The van der Waals surface area contributed by atoms with Crippen LogP contribution in [0.3, 0.4) is 0 Å². The van der Waals surface area contributed by atoms with Crippen LogP contribution in [-0.2, 0) is 24.1 Å². The van der Waals surface area contributed by atoms with E-state index >= 15 is 0 Å². The minimum atomic E-state index is 0.302. The number of hydrogen-bond donors (Lipinski definition) is 1. The van der Waals surface area contributed by atoms with Crippen LogP contribution in [0.4, 0.5) is 0 Å². The lowest BCUT2D eigenvalue weighted by Crippen LogP contribution is -2.21. The molecule has 0 saturated heterocycles. The van der Waals surface area contributed by atoms with Gasteiger partial charge in [-0.15, -0.1) is 0 Å². The van der Waals surface area contributed by atoms with Crippen molar-refractivity contribution in [2.24, 2.45) is 5.41 Å². The zero-order chi connectivity index (χ0) is 19.2. The van der Waals surface area contributed by atoms with Crippen molar-refractivity contribution in [1.82, 2.24) is 15.2 Å². The molecule has 0 unspecified atom stereocenters. The fourth-order valence-corrected chi connectivity index (χ4v) is 4.09. The lowest BCUT2D eigenvalue weighted by molar-refractivity contribution is -0.107. The highest BCUT2D eigenvalue weighted by Crippen LogP contribution is 2.38. The fraction of sp³-hybridized carbons (Fsp3) is 0.409. The number of aldehydes is 1. The molecule has 140 valence electrons. The van der Waals surface area contributed by atoms with Gasteiger partial charge in [0.15, 0.2) is 5.69 Å². The first-order chi connectivity index (χ1) is 12.9. The zero-order valence-corrected chi connectivity index (χ0v) is 16.3. The first kappa shape index (κ1) is 17.7. The zero-order valence-electron chi connectivity index (χ0n) is 16.3. The normalized spacial score (nSPS) is 15.6. The van der Waals surface area contributed by atoms with E-state index in [1.165, 1.54) is 11.3 Å². The van der Waals surface area contributed by atoms with Crippen LogP contribution in [-0.4, -0.2) is 21.5 Å². The van der Waals surface area contributed by atoms with Gasteiger partial charge in [-0.25, -0.2) is 4.98 Å². The quantitative estimate of drug-likeness (QED) is 0.687. The number of H-pyrrole nitrogens is 1.